The van der Waals surface area contributed by atoms with Crippen LogP contribution in [-0.2, 0) is 4.79 Å². The average molecular weight is 213 g/mol. The molecule has 84 valence electrons. The van der Waals surface area contributed by atoms with Gasteiger partial charge < -0.3 is 10.0 Å². The second-order valence-electron chi connectivity index (χ2n) is 3.39. The number of nitrogens with zero attached hydrogens (tertiary/aromatic N) is 1. The Kier molecular flexibility index (Phi) is 4.38. The smallest absolute Gasteiger partial charge is 0.392 e. The van der Waals surface area contributed by atoms with E-state index < -0.39 is 30.5 Å². The number of aliphatic hydroxyl groups excluding tert-OH is 1. The lowest BCUT2D eigenvalue weighted by Gasteiger charge is -2.22. The summed E-state index contributed by atoms with van der Waals surface area (Å²) in [5.41, 5.74) is 0. The molecule has 6 heteroatoms. The minimum Gasteiger partial charge on any atom is -0.392 e. The molecule has 1 amide bonds. The second kappa shape index (κ2) is 4.63. The molecule has 0 fully saturated rings. The monoisotopic (exact) mass is 213 g/mol. The van der Waals surface area contributed by atoms with Gasteiger partial charge in [0.1, 0.15) is 0 Å². The summed E-state index contributed by atoms with van der Waals surface area (Å²) >= 11 is 0. The molecular weight excluding hydrogens is 199 g/mol. The fourth-order valence-electron chi connectivity index (χ4n) is 0.756. The maximum Gasteiger partial charge on any atom is 0.394 e. The van der Waals surface area contributed by atoms with Gasteiger partial charge in [-0.25, -0.2) is 0 Å². The molecule has 0 unspecified atom stereocenters. The first-order chi connectivity index (χ1) is 6.16. The van der Waals surface area contributed by atoms with Gasteiger partial charge in [-0.1, -0.05) is 6.92 Å². The van der Waals surface area contributed by atoms with Gasteiger partial charge in [-0.05, 0) is 0 Å². The molecule has 0 bridgehead atoms. The van der Waals surface area contributed by atoms with Crippen molar-refractivity contribution in [2.24, 2.45) is 5.92 Å². The van der Waals surface area contributed by atoms with Crippen molar-refractivity contribution in [1.29, 1.82) is 0 Å². The number of hydrogen-bond donors (Lipinski definition) is 1. The molecule has 2 atom stereocenters. The SMILES string of the molecule is C[C@H]([C@@H](O)CC(=O)N(C)C)C(F)(F)F. The van der Waals surface area contributed by atoms with Crippen molar-refractivity contribution >= 4 is 5.91 Å². The highest BCUT2D eigenvalue weighted by Gasteiger charge is 2.41. The Morgan fingerprint density at radius 2 is 1.86 bits per heavy atom. The first kappa shape index (κ1) is 13.2. The lowest BCUT2D eigenvalue weighted by Crippen LogP contribution is -2.36. The van der Waals surface area contributed by atoms with Crippen molar-refractivity contribution in [2.75, 3.05) is 14.1 Å². The van der Waals surface area contributed by atoms with E-state index in [-0.39, 0.29) is 0 Å². The number of rotatable bonds is 3. The predicted octanol–water partition coefficient (Wildman–Crippen LogP) is 1.02. The van der Waals surface area contributed by atoms with Crippen molar-refractivity contribution in [2.45, 2.75) is 25.6 Å². The van der Waals surface area contributed by atoms with E-state index in [0.29, 0.717) is 0 Å². The Balaban J connectivity index is 4.22. The summed E-state index contributed by atoms with van der Waals surface area (Å²) in [7, 11) is 2.85. The van der Waals surface area contributed by atoms with Crippen LogP contribution in [0.1, 0.15) is 13.3 Å². The van der Waals surface area contributed by atoms with Crippen LogP contribution in [0.2, 0.25) is 0 Å². The van der Waals surface area contributed by atoms with Crippen LogP contribution in [0.4, 0.5) is 13.2 Å². The minimum atomic E-state index is -4.47. The van der Waals surface area contributed by atoms with Crippen molar-refractivity contribution in [3.05, 3.63) is 0 Å². The largest absolute Gasteiger partial charge is 0.394 e. The van der Waals surface area contributed by atoms with E-state index in [0.717, 1.165) is 11.8 Å². The van der Waals surface area contributed by atoms with E-state index in [2.05, 4.69) is 0 Å². The normalized spacial score (nSPS) is 16.2. The van der Waals surface area contributed by atoms with Gasteiger partial charge in [0, 0.05) is 14.1 Å². The van der Waals surface area contributed by atoms with Crippen molar-refractivity contribution < 1.29 is 23.1 Å². The molecule has 14 heavy (non-hydrogen) atoms. The van der Waals surface area contributed by atoms with E-state index in [4.69, 9.17) is 5.11 Å². The van der Waals surface area contributed by atoms with Gasteiger partial charge in [-0.15, -0.1) is 0 Å². The zero-order valence-electron chi connectivity index (χ0n) is 8.30. The van der Waals surface area contributed by atoms with Crippen LogP contribution in [0.25, 0.3) is 0 Å². The molecule has 0 aliphatic carbocycles. The second-order valence-corrected chi connectivity index (χ2v) is 3.39. The van der Waals surface area contributed by atoms with Crippen molar-refractivity contribution in [3.8, 4) is 0 Å². The molecule has 0 radical (unpaired) electrons. The van der Waals surface area contributed by atoms with Gasteiger partial charge >= 0.3 is 6.18 Å². The first-order valence-corrected chi connectivity index (χ1v) is 4.11. The van der Waals surface area contributed by atoms with Gasteiger partial charge in [0.2, 0.25) is 5.91 Å². The zero-order chi connectivity index (χ0) is 11.5. The van der Waals surface area contributed by atoms with E-state index in [9.17, 15) is 18.0 Å². The fourth-order valence-corrected chi connectivity index (χ4v) is 0.756. The first-order valence-electron chi connectivity index (χ1n) is 4.11. The summed E-state index contributed by atoms with van der Waals surface area (Å²) in [5.74, 6) is -2.40. The Morgan fingerprint density at radius 1 is 1.43 bits per heavy atom. The molecule has 0 saturated heterocycles. The third kappa shape index (κ3) is 3.95. The van der Waals surface area contributed by atoms with Gasteiger partial charge in [0.05, 0.1) is 18.4 Å². The third-order valence-electron chi connectivity index (χ3n) is 1.98. The van der Waals surface area contributed by atoms with E-state index in [1.165, 1.54) is 14.1 Å². The molecule has 1 N–H and O–H groups in total. The predicted molar refractivity (Wildman–Crippen MR) is 44.5 cm³/mol. The summed E-state index contributed by atoms with van der Waals surface area (Å²) < 4.78 is 36.2. The molecule has 0 aliphatic heterocycles. The molecule has 0 aromatic heterocycles. The molecule has 0 spiro atoms. The Hall–Kier alpha value is -0.780. The van der Waals surface area contributed by atoms with Crippen LogP contribution in [0.3, 0.4) is 0 Å². The molecule has 0 heterocycles. The zero-order valence-corrected chi connectivity index (χ0v) is 8.30. The van der Waals surface area contributed by atoms with Crippen molar-refractivity contribution in [3.63, 3.8) is 0 Å². The van der Waals surface area contributed by atoms with Crippen LogP contribution in [0.15, 0.2) is 0 Å². The third-order valence-corrected chi connectivity index (χ3v) is 1.98. The van der Waals surface area contributed by atoms with Crippen LogP contribution < -0.4 is 0 Å². The van der Waals surface area contributed by atoms with Crippen LogP contribution in [-0.4, -0.2) is 42.3 Å². The topological polar surface area (TPSA) is 40.5 Å². The number of halogens is 3. The lowest BCUT2D eigenvalue weighted by atomic mass is 10.0. The average Bonchev–Trinajstić information content (AvgIpc) is 2.00. The minimum absolute atomic E-state index is 0.506. The maximum atomic E-state index is 12.1. The van der Waals surface area contributed by atoms with Crippen LogP contribution in [0.5, 0.6) is 0 Å². The van der Waals surface area contributed by atoms with E-state index >= 15 is 0 Å². The highest BCUT2D eigenvalue weighted by molar-refractivity contribution is 5.76. The lowest BCUT2D eigenvalue weighted by molar-refractivity contribution is -0.195. The number of carbonyl (C=O) groups excluding carboxylic acids is 1. The Bertz CT molecular complexity index is 203. The summed E-state index contributed by atoms with van der Waals surface area (Å²) in [6.45, 7) is 0.855. The molecular formula is C8H14F3NO2. The molecule has 3 nitrogen and oxygen atoms in total. The fraction of sp³-hybridized carbons (Fsp3) is 0.875. The maximum absolute atomic E-state index is 12.1. The van der Waals surface area contributed by atoms with Gasteiger partial charge in [0.25, 0.3) is 0 Å². The molecule has 0 aromatic rings. The summed E-state index contributed by atoms with van der Waals surface area (Å²) in [4.78, 5) is 12.1. The standard InChI is InChI=1S/C8H14F3NO2/c1-5(8(9,10)11)6(13)4-7(14)12(2)3/h5-6,13H,4H2,1-3H3/t5-,6+/m1/s1. The number of hydrogen-bond acceptors (Lipinski definition) is 2. The summed E-state index contributed by atoms with van der Waals surface area (Å²) in [6.07, 6.45) is -6.65. The number of carbonyl (C=O) groups is 1. The number of aliphatic hydroxyl groups is 1. The summed E-state index contributed by atoms with van der Waals surface area (Å²) in [5, 5.41) is 9.11. The van der Waals surface area contributed by atoms with Gasteiger partial charge in [0.15, 0.2) is 0 Å². The van der Waals surface area contributed by atoms with Crippen LogP contribution >= 0.6 is 0 Å². The number of amides is 1. The van der Waals surface area contributed by atoms with E-state index in [1.807, 2.05) is 0 Å². The van der Waals surface area contributed by atoms with Crippen LogP contribution in [0, 0.1) is 5.92 Å². The molecule has 0 saturated carbocycles. The highest BCUT2D eigenvalue weighted by Crippen LogP contribution is 2.29. The molecule has 0 aliphatic rings. The number of alkyl halides is 3. The van der Waals surface area contributed by atoms with Crippen molar-refractivity contribution in [1.82, 2.24) is 4.90 Å². The molecule has 0 rings (SSSR count). The van der Waals surface area contributed by atoms with Gasteiger partial charge in [-0.2, -0.15) is 13.2 Å². The quantitative estimate of drug-likeness (QED) is 0.760. The Labute approximate surface area is 80.5 Å². The van der Waals surface area contributed by atoms with Gasteiger partial charge in [-0.3, -0.25) is 4.79 Å². The molecule has 0 aromatic carbocycles. The van der Waals surface area contributed by atoms with E-state index in [1.54, 1.807) is 0 Å². The summed E-state index contributed by atoms with van der Waals surface area (Å²) in [6, 6.07) is 0. The highest BCUT2D eigenvalue weighted by atomic mass is 19.4. The Morgan fingerprint density at radius 3 is 2.14 bits per heavy atom.